The topological polar surface area (TPSA) is 45.4 Å². The first-order valence-corrected chi connectivity index (χ1v) is 4.59. The lowest BCUT2D eigenvalue weighted by atomic mass is 10.1. The number of hydrogen-bond acceptors (Lipinski definition) is 3. The van der Waals surface area contributed by atoms with E-state index in [4.69, 9.17) is 10.00 Å². The highest BCUT2D eigenvalue weighted by Crippen LogP contribution is 2.05. The van der Waals surface area contributed by atoms with E-state index in [9.17, 15) is 4.39 Å². The van der Waals surface area contributed by atoms with Crippen LogP contribution in [0, 0.1) is 17.3 Å². The van der Waals surface area contributed by atoms with Gasteiger partial charge in [0.05, 0.1) is 6.61 Å². The normalized spacial score (nSPS) is 10.9. The molecule has 0 saturated heterocycles. The number of nitrogens with zero attached hydrogens (tertiary/aromatic N) is 2. The third-order valence-corrected chi connectivity index (χ3v) is 1.75. The number of aliphatic imine (C=N–C) groups is 1. The van der Waals surface area contributed by atoms with Gasteiger partial charge in [0.25, 0.3) is 0 Å². The predicted molar refractivity (Wildman–Crippen MR) is 54.8 cm³/mol. The highest BCUT2D eigenvalue weighted by atomic mass is 19.1. The molecule has 0 aliphatic heterocycles. The van der Waals surface area contributed by atoms with Gasteiger partial charge in [0.2, 0.25) is 12.1 Å². The van der Waals surface area contributed by atoms with Gasteiger partial charge >= 0.3 is 0 Å². The zero-order chi connectivity index (χ0) is 11.1. The van der Waals surface area contributed by atoms with Gasteiger partial charge in [-0.2, -0.15) is 5.26 Å². The standard InChI is InChI=1S/C11H11FN2O/c1-2-15-11(14-8-13)7-9-3-5-10(12)6-4-9/h3-6H,2,7H2,1H3. The summed E-state index contributed by atoms with van der Waals surface area (Å²) in [6.45, 7) is 2.28. The summed E-state index contributed by atoms with van der Waals surface area (Å²) in [6.07, 6.45) is 2.08. The summed E-state index contributed by atoms with van der Waals surface area (Å²) in [6, 6.07) is 6.01. The van der Waals surface area contributed by atoms with Crippen LogP contribution in [0.2, 0.25) is 0 Å². The maximum absolute atomic E-state index is 12.6. The fourth-order valence-corrected chi connectivity index (χ4v) is 1.12. The maximum Gasteiger partial charge on any atom is 0.208 e. The van der Waals surface area contributed by atoms with Crippen LogP contribution in [-0.2, 0) is 11.2 Å². The average molecular weight is 206 g/mol. The van der Waals surface area contributed by atoms with Crippen molar-refractivity contribution in [3.8, 4) is 6.19 Å². The minimum Gasteiger partial charge on any atom is -0.480 e. The first kappa shape index (κ1) is 11.2. The van der Waals surface area contributed by atoms with E-state index in [0.29, 0.717) is 18.9 Å². The van der Waals surface area contributed by atoms with Crippen molar-refractivity contribution < 1.29 is 9.13 Å². The molecule has 0 fully saturated rings. The number of nitriles is 1. The van der Waals surface area contributed by atoms with Gasteiger partial charge in [0.15, 0.2) is 0 Å². The van der Waals surface area contributed by atoms with Crippen molar-refractivity contribution in [1.82, 2.24) is 0 Å². The molecule has 0 aliphatic rings. The van der Waals surface area contributed by atoms with E-state index in [0.717, 1.165) is 5.56 Å². The van der Waals surface area contributed by atoms with Crippen LogP contribution in [0.25, 0.3) is 0 Å². The monoisotopic (exact) mass is 206 g/mol. The average Bonchev–Trinajstić information content (AvgIpc) is 2.22. The number of ether oxygens (including phenoxy) is 1. The van der Waals surface area contributed by atoms with Gasteiger partial charge in [0, 0.05) is 6.42 Å². The van der Waals surface area contributed by atoms with Crippen molar-refractivity contribution in [1.29, 1.82) is 5.26 Å². The Morgan fingerprint density at radius 1 is 1.47 bits per heavy atom. The molecular formula is C11H11FN2O. The maximum atomic E-state index is 12.6. The Kier molecular flexibility index (Phi) is 4.30. The van der Waals surface area contributed by atoms with Crippen molar-refractivity contribution in [3.63, 3.8) is 0 Å². The molecule has 0 aromatic heterocycles. The Morgan fingerprint density at radius 3 is 2.67 bits per heavy atom. The summed E-state index contributed by atoms with van der Waals surface area (Å²) >= 11 is 0. The molecule has 0 spiro atoms. The van der Waals surface area contributed by atoms with Crippen LogP contribution in [0.4, 0.5) is 4.39 Å². The van der Waals surface area contributed by atoms with E-state index in [1.54, 1.807) is 18.3 Å². The molecule has 0 saturated carbocycles. The second-order valence-corrected chi connectivity index (χ2v) is 2.84. The fourth-order valence-electron chi connectivity index (χ4n) is 1.12. The smallest absolute Gasteiger partial charge is 0.208 e. The summed E-state index contributed by atoms with van der Waals surface area (Å²) in [4.78, 5) is 3.54. The van der Waals surface area contributed by atoms with Crippen LogP contribution in [0.1, 0.15) is 12.5 Å². The molecule has 0 radical (unpaired) electrons. The van der Waals surface area contributed by atoms with Crippen molar-refractivity contribution in [2.24, 2.45) is 4.99 Å². The molecule has 78 valence electrons. The van der Waals surface area contributed by atoms with Crippen LogP contribution >= 0.6 is 0 Å². The molecule has 1 aromatic rings. The van der Waals surface area contributed by atoms with Gasteiger partial charge in [-0.3, -0.25) is 0 Å². The fraction of sp³-hybridized carbons (Fsp3) is 0.273. The van der Waals surface area contributed by atoms with Gasteiger partial charge in [-0.1, -0.05) is 12.1 Å². The highest BCUT2D eigenvalue weighted by molar-refractivity contribution is 5.79. The third-order valence-electron chi connectivity index (χ3n) is 1.75. The molecule has 0 atom stereocenters. The highest BCUT2D eigenvalue weighted by Gasteiger charge is 2.02. The third kappa shape index (κ3) is 3.77. The molecule has 1 rings (SSSR count). The van der Waals surface area contributed by atoms with Gasteiger partial charge in [-0.25, -0.2) is 4.39 Å². The molecule has 1 aromatic carbocycles. The first-order chi connectivity index (χ1) is 7.26. The quantitative estimate of drug-likeness (QED) is 0.432. The molecule has 0 aliphatic carbocycles. The van der Waals surface area contributed by atoms with E-state index in [-0.39, 0.29) is 5.82 Å². The molecule has 0 bridgehead atoms. The minimum absolute atomic E-state index is 0.283. The Hall–Kier alpha value is -1.89. The second kappa shape index (κ2) is 5.76. The second-order valence-electron chi connectivity index (χ2n) is 2.84. The lowest BCUT2D eigenvalue weighted by Crippen LogP contribution is -2.08. The molecular weight excluding hydrogens is 195 g/mol. The van der Waals surface area contributed by atoms with Crippen molar-refractivity contribution in [2.75, 3.05) is 6.61 Å². The predicted octanol–water partition coefficient (Wildman–Crippen LogP) is 2.28. The first-order valence-electron chi connectivity index (χ1n) is 4.59. The van der Waals surface area contributed by atoms with E-state index >= 15 is 0 Å². The van der Waals surface area contributed by atoms with E-state index in [2.05, 4.69) is 4.99 Å². The van der Waals surface area contributed by atoms with E-state index in [1.807, 2.05) is 6.92 Å². The van der Waals surface area contributed by atoms with Crippen molar-refractivity contribution >= 4 is 5.90 Å². The van der Waals surface area contributed by atoms with E-state index in [1.165, 1.54) is 12.1 Å². The Labute approximate surface area is 87.8 Å². The van der Waals surface area contributed by atoms with Gasteiger partial charge in [-0.15, -0.1) is 4.99 Å². The molecule has 4 heteroatoms. The molecule has 0 unspecified atom stereocenters. The summed E-state index contributed by atoms with van der Waals surface area (Å²) in [5.74, 6) is 0.0699. The Bertz CT molecular complexity index is 379. The summed E-state index contributed by atoms with van der Waals surface area (Å²) < 4.78 is 17.8. The minimum atomic E-state index is -0.283. The van der Waals surface area contributed by atoms with Crippen LogP contribution in [-0.4, -0.2) is 12.5 Å². The summed E-state index contributed by atoms with van der Waals surface area (Å²) in [5.41, 5.74) is 0.860. The van der Waals surface area contributed by atoms with Crippen LogP contribution in [0.3, 0.4) is 0 Å². The largest absolute Gasteiger partial charge is 0.480 e. The molecule has 0 N–H and O–H groups in total. The van der Waals surface area contributed by atoms with Crippen molar-refractivity contribution in [3.05, 3.63) is 35.6 Å². The number of rotatable bonds is 3. The lowest BCUT2D eigenvalue weighted by molar-refractivity contribution is 0.320. The number of benzene rings is 1. The molecule has 0 amide bonds. The molecule has 0 heterocycles. The summed E-state index contributed by atoms with van der Waals surface area (Å²) in [7, 11) is 0. The summed E-state index contributed by atoms with van der Waals surface area (Å²) in [5, 5.41) is 8.41. The zero-order valence-corrected chi connectivity index (χ0v) is 8.40. The van der Waals surface area contributed by atoms with Gasteiger partial charge in [-0.05, 0) is 24.6 Å². The van der Waals surface area contributed by atoms with E-state index < -0.39 is 0 Å². The molecule has 3 nitrogen and oxygen atoms in total. The Balaban J connectivity index is 2.71. The Morgan fingerprint density at radius 2 is 2.13 bits per heavy atom. The number of hydrogen-bond donors (Lipinski definition) is 0. The zero-order valence-electron chi connectivity index (χ0n) is 8.40. The van der Waals surface area contributed by atoms with Crippen LogP contribution in [0.5, 0.6) is 0 Å². The SMILES string of the molecule is CCOC(Cc1ccc(F)cc1)=NC#N. The van der Waals surface area contributed by atoms with Crippen LogP contribution < -0.4 is 0 Å². The molecule has 15 heavy (non-hydrogen) atoms. The number of halogens is 1. The van der Waals surface area contributed by atoms with Gasteiger partial charge < -0.3 is 4.74 Å². The van der Waals surface area contributed by atoms with Gasteiger partial charge in [0.1, 0.15) is 5.82 Å². The van der Waals surface area contributed by atoms with Crippen LogP contribution in [0.15, 0.2) is 29.3 Å². The lowest BCUT2D eigenvalue weighted by Gasteiger charge is -2.05. The van der Waals surface area contributed by atoms with Crippen molar-refractivity contribution in [2.45, 2.75) is 13.3 Å².